The van der Waals surface area contributed by atoms with E-state index in [-0.39, 0.29) is 6.61 Å². The monoisotopic (exact) mass is 189 g/mol. The van der Waals surface area contributed by atoms with Crippen LogP contribution in [0.3, 0.4) is 0 Å². The Hall–Kier alpha value is -0.990. The van der Waals surface area contributed by atoms with Gasteiger partial charge in [-0.2, -0.15) is 4.89 Å². The lowest BCUT2D eigenvalue weighted by molar-refractivity contribution is -0.137. The second-order valence-corrected chi connectivity index (χ2v) is 2.97. The highest BCUT2D eigenvalue weighted by molar-refractivity contribution is 7.41. The predicted molar refractivity (Wildman–Crippen MR) is 44.7 cm³/mol. The van der Waals surface area contributed by atoms with Gasteiger partial charge in [-0.15, -0.1) is 0 Å². The molecule has 0 aliphatic heterocycles. The molecule has 0 radical (unpaired) electrons. The maximum absolute atomic E-state index is 10.7. The van der Waals surface area contributed by atoms with E-state index in [1.807, 2.05) is 0 Å². The van der Waals surface area contributed by atoms with Crippen molar-refractivity contribution in [2.75, 3.05) is 6.61 Å². The van der Waals surface area contributed by atoms with Gasteiger partial charge < -0.3 is 4.74 Å². The van der Waals surface area contributed by atoms with Crippen LogP contribution in [0.25, 0.3) is 0 Å². The van der Waals surface area contributed by atoms with Gasteiger partial charge in [0.1, 0.15) is 6.61 Å². The van der Waals surface area contributed by atoms with Crippen LogP contribution in [0, 0.1) is 0 Å². The summed E-state index contributed by atoms with van der Waals surface area (Å²) in [4.78, 5) is 19.0. The molecule has 4 nitrogen and oxygen atoms in total. The zero-order valence-electron chi connectivity index (χ0n) is 6.69. The number of esters is 1. The topological polar surface area (TPSA) is 63.6 Å². The Labute approximate surface area is 71.4 Å². The highest BCUT2D eigenvalue weighted by Gasteiger charge is 2.03. The first kappa shape index (κ1) is 11.0. The predicted octanol–water partition coefficient (Wildman–Crippen LogP) is 1.35. The highest BCUT2D eigenvalue weighted by Crippen LogP contribution is 2.13. The lowest BCUT2D eigenvalue weighted by Gasteiger charge is -1.97. The Morgan fingerprint density at radius 2 is 2.33 bits per heavy atom. The normalized spacial score (nSPS) is 11.3. The van der Waals surface area contributed by atoms with Crippen LogP contribution in [0.2, 0.25) is 0 Å². The molecule has 0 aliphatic rings. The molecule has 12 heavy (non-hydrogen) atoms. The molecule has 1 atom stereocenters. The Morgan fingerprint density at radius 1 is 1.75 bits per heavy atom. The molecule has 0 heterocycles. The molecule has 0 amide bonds. The zero-order chi connectivity index (χ0) is 9.56. The lowest BCUT2D eigenvalue weighted by atomic mass is 10.4. The minimum atomic E-state index is -2.29. The summed E-state index contributed by atoms with van der Waals surface area (Å²) < 4.78 is 14.7. The minimum Gasteiger partial charge on any atom is -0.458 e. The van der Waals surface area contributed by atoms with E-state index < -0.39 is 14.0 Å². The number of carbonyl (C=O) groups excluding carboxylic acids is 1. The van der Waals surface area contributed by atoms with Gasteiger partial charge in [0.15, 0.2) is 5.82 Å². The maximum atomic E-state index is 10.7. The van der Waals surface area contributed by atoms with Crippen molar-refractivity contribution in [3.63, 3.8) is 0 Å². The maximum Gasteiger partial charge on any atom is 0.538 e. The fourth-order valence-electron chi connectivity index (χ4n) is 0.380. The Kier molecular flexibility index (Phi) is 5.17. The molecule has 0 spiro atoms. The van der Waals surface area contributed by atoms with Crippen molar-refractivity contribution >= 4 is 14.0 Å². The summed E-state index contributed by atoms with van der Waals surface area (Å²) in [5.41, 5.74) is 0.303. The largest absolute Gasteiger partial charge is 0.538 e. The second-order valence-electron chi connectivity index (χ2n) is 2.07. The molecular weight excluding hydrogens is 179 g/mol. The molecule has 5 heteroatoms. The Bertz CT molecular complexity index is 232. The summed E-state index contributed by atoms with van der Waals surface area (Å²) in [6.45, 7) is 4.88. The van der Waals surface area contributed by atoms with Crippen molar-refractivity contribution < 1.29 is 19.0 Å². The van der Waals surface area contributed by atoms with E-state index in [1.54, 1.807) is 0 Å². The van der Waals surface area contributed by atoms with E-state index in [4.69, 9.17) is 4.89 Å². The molecule has 0 aromatic rings. The molecule has 0 saturated carbocycles. The van der Waals surface area contributed by atoms with E-state index in [0.717, 1.165) is 5.82 Å². The summed E-state index contributed by atoms with van der Waals surface area (Å²) in [5, 5.41) is 0. The van der Waals surface area contributed by atoms with Crippen LogP contribution < -0.4 is 0 Å². The van der Waals surface area contributed by atoms with Gasteiger partial charge in [0, 0.05) is 11.6 Å². The molecule has 66 valence electrons. The quantitative estimate of drug-likeness (QED) is 0.412. The Morgan fingerprint density at radius 3 is 2.75 bits per heavy atom. The molecular formula is C7H10O4P+. The van der Waals surface area contributed by atoms with Gasteiger partial charge >= 0.3 is 14.0 Å². The number of hydrogen-bond acceptors (Lipinski definition) is 3. The van der Waals surface area contributed by atoms with Crippen molar-refractivity contribution in [2.24, 2.45) is 0 Å². The molecule has 1 unspecified atom stereocenters. The summed E-state index contributed by atoms with van der Waals surface area (Å²) in [6.07, 6.45) is 1.31. The lowest BCUT2D eigenvalue weighted by Crippen LogP contribution is -2.04. The van der Waals surface area contributed by atoms with E-state index >= 15 is 0 Å². The third-order valence-corrected chi connectivity index (χ3v) is 1.36. The molecule has 1 N–H and O–H groups in total. The van der Waals surface area contributed by atoms with Gasteiger partial charge in [-0.05, 0) is 11.5 Å². The van der Waals surface area contributed by atoms with Crippen LogP contribution in [-0.2, 0) is 14.1 Å². The van der Waals surface area contributed by atoms with Crippen molar-refractivity contribution in [3.8, 4) is 0 Å². The van der Waals surface area contributed by atoms with Crippen molar-refractivity contribution in [3.05, 3.63) is 24.0 Å². The molecule has 0 aliphatic carbocycles. The zero-order valence-corrected chi connectivity index (χ0v) is 7.58. The number of rotatable bonds is 4. The highest BCUT2D eigenvalue weighted by atomic mass is 31.1. The molecule has 0 rings (SSSR count). The molecule has 0 saturated heterocycles. The van der Waals surface area contributed by atoms with E-state index in [0.29, 0.717) is 5.57 Å². The first-order valence-corrected chi connectivity index (χ1v) is 4.46. The van der Waals surface area contributed by atoms with Crippen LogP contribution in [0.4, 0.5) is 0 Å². The van der Waals surface area contributed by atoms with Crippen molar-refractivity contribution in [2.45, 2.75) is 6.92 Å². The van der Waals surface area contributed by atoms with Crippen LogP contribution in [0.15, 0.2) is 24.0 Å². The van der Waals surface area contributed by atoms with Gasteiger partial charge in [0.2, 0.25) is 0 Å². The molecule has 0 aromatic heterocycles. The fraction of sp³-hybridized carbons (Fsp3) is 0.286. The number of ether oxygens (including phenoxy) is 1. The average Bonchev–Trinajstić information content (AvgIpc) is 1.97. The summed E-state index contributed by atoms with van der Waals surface area (Å²) in [6, 6.07) is 0. The van der Waals surface area contributed by atoms with Crippen LogP contribution in [0.1, 0.15) is 6.92 Å². The van der Waals surface area contributed by atoms with Gasteiger partial charge in [-0.25, -0.2) is 4.79 Å². The summed E-state index contributed by atoms with van der Waals surface area (Å²) in [5.74, 6) is 0.550. The number of carbonyl (C=O) groups is 1. The van der Waals surface area contributed by atoms with Gasteiger partial charge in [0.05, 0.1) is 0 Å². The van der Waals surface area contributed by atoms with Gasteiger partial charge in [-0.3, -0.25) is 0 Å². The Balaban J connectivity index is 3.64. The second kappa shape index (κ2) is 5.63. The smallest absolute Gasteiger partial charge is 0.458 e. The molecule has 0 bridgehead atoms. The van der Waals surface area contributed by atoms with Crippen LogP contribution in [-0.4, -0.2) is 17.5 Å². The standard InChI is InChI=1S/C7H9O4P/c1-6(2)7(8)11-4-3-5-12(9)10/h3,5H,1,4H2,2H3/p+1. The molecule has 0 fully saturated rings. The minimum absolute atomic E-state index is 0.00662. The van der Waals surface area contributed by atoms with E-state index in [2.05, 4.69) is 11.3 Å². The molecule has 0 aromatic carbocycles. The average molecular weight is 189 g/mol. The van der Waals surface area contributed by atoms with Crippen molar-refractivity contribution in [1.29, 1.82) is 0 Å². The van der Waals surface area contributed by atoms with Crippen molar-refractivity contribution in [1.82, 2.24) is 0 Å². The van der Waals surface area contributed by atoms with Gasteiger partial charge in [-0.1, -0.05) is 6.58 Å². The first-order valence-electron chi connectivity index (χ1n) is 3.18. The summed E-state index contributed by atoms with van der Waals surface area (Å²) >= 11 is 0. The number of hydrogen-bond donors (Lipinski definition) is 1. The van der Waals surface area contributed by atoms with Crippen LogP contribution >= 0.6 is 8.03 Å². The first-order chi connectivity index (χ1) is 5.54. The van der Waals surface area contributed by atoms with E-state index in [1.165, 1.54) is 13.0 Å². The van der Waals surface area contributed by atoms with Gasteiger partial charge in [0.25, 0.3) is 0 Å². The third kappa shape index (κ3) is 5.77. The third-order valence-electron chi connectivity index (χ3n) is 0.892. The van der Waals surface area contributed by atoms with E-state index in [9.17, 15) is 9.36 Å². The fourth-order valence-corrected chi connectivity index (χ4v) is 0.647. The SMILES string of the molecule is C=C(C)C(=O)OCC=C[P+](=O)O. The van der Waals surface area contributed by atoms with Crippen LogP contribution in [0.5, 0.6) is 0 Å². The summed E-state index contributed by atoms with van der Waals surface area (Å²) in [7, 11) is -2.29.